The number of nitrogens with one attached hydrogen (secondary N) is 8. The van der Waals surface area contributed by atoms with Gasteiger partial charge in [-0.05, 0) is 48.7 Å². The Balaban J connectivity index is 1.34. The van der Waals surface area contributed by atoms with Crippen LogP contribution in [0, 0.1) is 0 Å². The molecule has 8 N–H and O–H groups in total. The van der Waals surface area contributed by atoms with Crippen molar-refractivity contribution in [1.82, 2.24) is 51.8 Å². The summed E-state index contributed by atoms with van der Waals surface area (Å²) in [6, 6.07) is 8.57. The number of para-hydroxylation sites is 1. The Kier molecular flexibility index (Phi) is 13.3. The highest BCUT2D eigenvalue weighted by Gasteiger charge is 2.31. The van der Waals surface area contributed by atoms with Gasteiger partial charge in [0.15, 0.2) is 0 Å². The summed E-state index contributed by atoms with van der Waals surface area (Å²) >= 11 is 1.11. The van der Waals surface area contributed by atoms with Crippen molar-refractivity contribution in [2.45, 2.75) is 57.3 Å². The standard InChI is InChI=1S/C41H46N10O8S/c1-6-28-37(55)46-22(3)41(58)51(4)19-35(53)45-21(2)40-50-33(20-60-40)39(57)49-32(13-23-16-42-29-10-8-7-9-26(23)29)38(56)48-31(36(54)44-18-34(52)47-28)14-24-17-43-30-12-11-25(59-5)15-27(24)30/h7-12,15-17,20-21,28,31-32,42-43H,3,6,13-14,18-19H2,1-2,4-5H3,(H,44,54)(H,45,53)(H,46,55)(H,47,52)(H,48,56)(H,49,57)/t21?,28?,31-,32-/m0/s1. The van der Waals surface area contributed by atoms with E-state index in [-0.39, 0.29) is 30.7 Å². The van der Waals surface area contributed by atoms with E-state index in [4.69, 9.17) is 4.74 Å². The normalized spacial score (nSPS) is 20.8. The van der Waals surface area contributed by atoms with E-state index < -0.39 is 78.6 Å². The summed E-state index contributed by atoms with van der Waals surface area (Å²) in [5.41, 5.74) is 2.60. The molecule has 4 atom stereocenters. The molecule has 1 aliphatic heterocycles. The molecule has 7 amide bonds. The van der Waals surface area contributed by atoms with Crippen LogP contribution in [0.3, 0.4) is 0 Å². The van der Waals surface area contributed by atoms with Gasteiger partial charge in [-0.2, -0.15) is 0 Å². The minimum Gasteiger partial charge on any atom is -0.497 e. The molecule has 3 aromatic heterocycles. The number of benzene rings is 2. The summed E-state index contributed by atoms with van der Waals surface area (Å²) in [6.07, 6.45) is 3.55. The number of methoxy groups -OCH3 is 1. The largest absolute Gasteiger partial charge is 0.497 e. The van der Waals surface area contributed by atoms with Crippen LogP contribution < -0.4 is 36.6 Å². The van der Waals surface area contributed by atoms with Gasteiger partial charge in [0.1, 0.15) is 34.6 Å². The number of carbonyl (C=O) groups is 7. The Morgan fingerprint density at radius 3 is 2.22 bits per heavy atom. The summed E-state index contributed by atoms with van der Waals surface area (Å²) in [7, 11) is 2.88. The van der Waals surface area contributed by atoms with Gasteiger partial charge in [0, 0.05) is 59.5 Å². The van der Waals surface area contributed by atoms with Gasteiger partial charge in [0.25, 0.3) is 11.8 Å². The minimum absolute atomic E-state index is 0.0138. The number of carbonyl (C=O) groups excluding carboxylic acids is 7. The number of rotatable bonds is 6. The van der Waals surface area contributed by atoms with Gasteiger partial charge in [-0.3, -0.25) is 33.6 Å². The Morgan fingerprint density at radius 2 is 1.50 bits per heavy atom. The van der Waals surface area contributed by atoms with Crippen molar-refractivity contribution in [3.63, 3.8) is 0 Å². The first-order chi connectivity index (χ1) is 28.7. The lowest BCUT2D eigenvalue weighted by atomic mass is 10.0. The van der Waals surface area contributed by atoms with E-state index in [1.165, 1.54) is 19.5 Å². The van der Waals surface area contributed by atoms with Crippen molar-refractivity contribution in [2.75, 3.05) is 27.2 Å². The fourth-order valence-electron chi connectivity index (χ4n) is 6.75. The molecule has 0 saturated heterocycles. The molecule has 18 nitrogen and oxygen atoms in total. The fraction of sp³-hybridized carbons (Fsp3) is 0.317. The zero-order chi connectivity index (χ0) is 43.1. The lowest BCUT2D eigenvalue weighted by molar-refractivity contribution is -0.134. The lowest BCUT2D eigenvalue weighted by Crippen LogP contribution is -2.56. The van der Waals surface area contributed by atoms with E-state index in [2.05, 4.69) is 53.4 Å². The van der Waals surface area contributed by atoms with Crippen molar-refractivity contribution < 1.29 is 38.3 Å². The average molecular weight is 839 g/mol. The Labute approximate surface area is 348 Å². The van der Waals surface area contributed by atoms with Gasteiger partial charge >= 0.3 is 0 Å². The number of hydrogen-bond donors (Lipinski definition) is 8. The number of fused-ring (bicyclic) bond motifs is 4. The maximum atomic E-state index is 14.4. The topological polar surface area (TPSA) is 249 Å². The third-order valence-corrected chi connectivity index (χ3v) is 11.0. The highest BCUT2D eigenvalue weighted by atomic mass is 32.1. The number of amides is 7. The van der Waals surface area contributed by atoms with Gasteiger partial charge in [-0.15, -0.1) is 11.3 Å². The number of nitrogens with zero attached hydrogens (tertiary/aromatic N) is 2. The molecule has 2 bridgehead atoms. The van der Waals surface area contributed by atoms with Gasteiger partial charge in [-0.25, -0.2) is 4.98 Å². The van der Waals surface area contributed by atoms with Crippen LogP contribution in [0.2, 0.25) is 0 Å². The zero-order valence-corrected chi connectivity index (χ0v) is 34.2. The SMILES string of the molecule is C=C1NC(=O)C(CC)NC(=O)CNC(=O)[C@H](Cc2c[nH]c3ccc(OC)cc23)NC(=O)[C@H](Cc2c[nH]c3ccccc23)NC(=O)c2csc(n2)C(C)NC(=O)CN(C)C1=O. The predicted octanol–water partition coefficient (Wildman–Crippen LogP) is 1.47. The summed E-state index contributed by atoms with van der Waals surface area (Å²) in [5, 5.41) is 19.3. The number of ether oxygens (including phenoxy) is 1. The molecule has 0 saturated carbocycles. The van der Waals surface area contributed by atoms with Crippen molar-refractivity contribution in [3.05, 3.63) is 94.3 Å². The number of H-pyrrole nitrogens is 2. The highest BCUT2D eigenvalue weighted by Crippen LogP contribution is 2.25. The number of aromatic nitrogens is 3. The monoisotopic (exact) mass is 838 g/mol. The second-order valence-electron chi connectivity index (χ2n) is 14.3. The van der Waals surface area contributed by atoms with Crippen molar-refractivity contribution >= 4 is 74.5 Å². The number of likely N-dealkylation sites (N-methyl/N-ethyl adjacent to an activating group) is 1. The number of hydrogen-bond acceptors (Lipinski definition) is 10. The minimum atomic E-state index is -1.27. The van der Waals surface area contributed by atoms with Crippen LogP contribution >= 0.6 is 11.3 Å². The Morgan fingerprint density at radius 1 is 0.817 bits per heavy atom. The summed E-state index contributed by atoms with van der Waals surface area (Å²) in [4.78, 5) is 106. The van der Waals surface area contributed by atoms with Gasteiger partial charge in [0.2, 0.25) is 29.5 Å². The predicted molar refractivity (Wildman–Crippen MR) is 223 cm³/mol. The van der Waals surface area contributed by atoms with Crippen molar-refractivity contribution in [2.24, 2.45) is 0 Å². The Hall–Kier alpha value is -7.02. The first kappa shape index (κ1) is 42.6. The van der Waals surface area contributed by atoms with Crippen LogP contribution in [0.5, 0.6) is 5.75 Å². The number of thiazole rings is 1. The summed E-state index contributed by atoms with van der Waals surface area (Å²) in [5.74, 6) is -4.28. The fourth-order valence-corrected chi connectivity index (χ4v) is 7.56. The average Bonchev–Trinajstić information content (AvgIpc) is 4.00. The molecule has 314 valence electrons. The van der Waals surface area contributed by atoms with Gasteiger partial charge in [-0.1, -0.05) is 31.7 Å². The maximum absolute atomic E-state index is 14.4. The van der Waals surface area contributed by atoms with E-state index >= 15 is 0 Å². The van der Waals surface area contributed by atoms with E-state index in [1.807, 2.05) is 30.3 Å². The first-order valence-electron chi connectivity index (χ1n) is 19.1. The Bertz CT molecular complexity index is 2470. The molecule has 60 heavy (non-hydrogen) atoms. The van der Waals surface area contributed by atoms with Crippen LogP contribution in [0.4, 0.5) is 0 Å². The second kappa shape index (κ2) is 18.7. The van der Waals surface area contributed by atoms with Gasteiger partial charge in [0.05, 0.1) is 31.9 Å². The molecular weight excluding hydrogens is 793 g/mol. The smallest absolute Gasteiger partial charge is 0.271 e. The molecule has 0 spiro atoms. The van der Waals surface area contributed by atoms with E-state index in [0.29, 0.717) is 16.3 Å². The lowest BCUT2D eigenvalue weighted by Gasteiger charge is -2.24. The molecule has 6 rings (SSSR count). The molecule has 1 aliphatic rings. The molecule has 5 aromatic rings. The van der Waals surface area contributed by atoms with E-state index in [9.17, 15) is 33.6 Å². The summed E-state index contributed by atoms with van der Waals surface area (Å²) < 4.78 is 5.42. The van der Waals surface area contributed by atoms with Crippen LogP contribution in [0.1, 0.15) is 52.9 Å². The molecule has 2 aromatic carbocycles. The first-order valence-corrected chi connectivity index (χ1v) is 20.0. The zero-order valence-electron chi connectivity index (χ0n) is 33.4. The molecule has 0 fully saturated rings. The molecule has 2 unspecified atom stereocenters. The molecular formula is C41H46N10O8S. The number of aromatic amines is 2. The van der Waals surface area contributed by atoms with Gasteiger partial charge < -0.3 is 51.5 Å². The molecule has 0 aliphatic carbocycles. The highest BCUT2D eigenvalue weighted by molar-refractivity contribution is 7.09. The summed E-state index contributed by atoms with van der Waals surface area (Å²) in [6.45, 7) is 5.96. The third-order valence-electron chi connectivity index (χ3n) is 10.00. The molecule has 0 radical (unpaired) electrons. The maximum Gasteiger partial charge on any atom is 0.271 e. The van der Waals surface area contributed by atoms with E-state index in [0.717, 1.165) is 43.6 Å². The quantitative estimate of drug-likeness (QED) is 0.115. The van der Waals surface area contributed by atoms with Crippen molar-refractivity contribution in [1.29, 1.82) is 0 Å². The van der Waals surface area contributed by atoms with E-state index in [1.54, 1.807) is 38.4 Å². The third kappa shape index (κ3) is 9.98. The van der Waals surface area contributed by atoms with Crippen LogP contribution in [-0.2, 0) is 41.6 Å². The van der Waals surface area contributed by atoms with Crippen molar-refractivity contribution in [3.8, 4) is 5.75 Å². The van der Waals surface area contributed by atoms with Crippen LogP contribution in [0.15, 0.2) is 72.5 Å². The molecule has 4 heterocycles. The van der Waals surface area contributed by atoms with Crippen LogP contribution in [0.25, 0.3) is 21.8 Å². The van der Waals surface area contributed by atoms with Crippen LogP contribution in [-0.4, -0.2) is 107 Å². The second-order valence-corrected chi connectivity index (χ2v) is 15.2. The molecule has 19 heteroatoms.